The summed E-state index contributed by atoms with van der Waals surface area (Å²) >= 11 is 5.74. The van der Waals surface area contributed by atoms with Crippen molar-refractivity contribution in [2.75, 3.05) is 11.9 Å². The van der Waals surface area contributed by atoms with Gasteiger partial charge in [-0.2, -0.15) is 0 Å². The zero-order valence-electron chi connectivity index (χ0n) is 19.4. The van der Waals surface area contributed by atoms with E-state index in [4.69, 9.17) is 12.2 Å². The number of thiocarbonyl (C=S) groups is 1. The van der Waals surface area contributed by atoms with Gasteiger partial charge in [0.1, 0.15) is 0 Å². The topological polar surface area (TPSA) is 62.2 Å². The number of hydrogen-bond acceptors (Lipinski definition) is 3. The van der Waals surface area contributed by atoms with E-state index in [0.717, 1.165) is 29.1 Å². The third-order valence-corrected chi connectivity index (χ3v) is 6.47. The molecule has 172 valence electrons. The number of rotatable bonds is 8. The molecule has 4 rings (SSSR count). The fourth-order valence-corrected chi connectivity index (χ4v) is 4.81. The Morgan fingerprint density at radius 1 is 1.15 bits per heavy atom. The zero-order chi connectivity index (χ0) is 23.4. The predicted octanol–water partition coefficient (Wildman–Crippen LogP) is 5.03. The van der Waals surface area contributed by atoms with Crippen molar-refractivity contribution in [1.82, 2.24) is 19.8 Å². The lowest BCUT2D eigenvalue weighted by molar-refractivity contribution is -0.116. The Morgan fingerprint density at radius 3 is 2.67 bits per heavy atom. The van der Waals surface area contributed by atoms with Crippen LogP contribution >= 0.6 is 12.2 Å². The van der Waals surface area contributed by atoms with Gasteiger partial charge in [-0.25, -0.2) is 0 Å². The molecule has 1 aromatic carbocycles. The minimum absolute atomic E-state index is 0.0158. The maximum atomic E-state index is 12.8. The molecule has 0 unspecified atom stereocenters. The highest BCUT2D eigenvalue weighted by Crippen LogP contribution is 2.39. The molecule has 0 aliphatic carbocycles. The highest BCUT2D eigenvalue weighted by molar-refractivity contribution is 7.80. The molecule has 0 spiro atoms. The van der Waals surface area contributed by atoms with Crippen LogP contribution in [0.1, 0.15) is 62.3 Å². The van der Waals surface area contributed by atoms with E-state index in [-0.39, 0.29) is 18.0 Å². The Bertz CT molecular complexity index is 1110. The standard InChI is InChI=1S/C26H31N5OS/c1-4-19-10-5-6-11-20(19)28-23(32)14-17-31-25(22-13-9-16-30(22)18(2)3)24(29-26(31)33)21-12-7-8-15-27-21/h5-13,15-16,18,24-25H,4,14,17H2,1-3H3,(H,28,32)(H,29,33)/t24-,25-/m1/s1. The first-order valence-electron chi connectivity index (χ1n) is 11.5. The van der Waals surface area contributed by atoms with Crippen LogP contribution < -0.4 is 10.6 Å². The molecule has 6 nitrogen and oxygen atoms in total. The summed E-state index contributed by atoms with van der Waals surface area (Å²) in [6.07, 6.45) is 5.12. The van der Waals surface area contributed by atoms with E-state index in [9.17, 15) is 4.79 Å². The minimum Gasteiger partial charge on any atom is -0.352 e. The third-order valence-electron chi connectivity index (χ3n) is 6.12. The van der Waals surface area contributed by atoms with Gasteiger partial charge in [0, 0.05) is 42.8 Å². The average molecular weight is 462 g/mol. The van der Waals surface area contributed by atoms with Crippen LogP contribution in [0.5, 0.6) is 0 Å². The van der Waals surface area contributed by atoms with Crippen molar-refractivity contribution in [3.8, 4) is 0 Å². The van der Waals surface area contributed by atoms with Crippen molar-refractivity contribution < 1.29 is 4.79 Å². The summed E-state index contributed by atoms with van der Waals surface area (Å²) in [5, 5.41) is 7.19. The van der Waals surface area contributed by atoms with Crippen LogP contribution in [0.4, 0.5) is 5.69 Å². The molecule has 7 heteroatoms. The molecule has 1 aliphatic heterocycles. The number of benzene rings is 1. The number of para-hydroxylation sites is 1. The average Bonchev–Trinajstić information content (AvgIpc) is 3.43. The van der Waals surface area contributed by atoms with Crippen LogP contribution in [0.15, 0.2) is 67.0 Å². The third kappa shape index (κ3) is 4.93. The molecule has 1 aliphatic rings. The molecule has 0 bridgehead atoms. The Kier molecular flexibility index (Phi) is 7.08. The first kappa shape index (κ1) is 23.0. The van der Waals surface area contributed by atoms with Crippen LogP contribution in [0.3, 0.4) is 0 Å². The van der Waals surface area contributed by atoms with Crippen LogP contribution in [0.25, 0.3) is 0 Å². The van der Waals surface area contributed by atoms with Crippen molar-refractivity contribution in [3.05, 3.63) is 83.9 Å². The highest BCUT2D eigenvalue weighted by atomic mass is 32.1. The largest absolute Gasteiger partial charge is 0.352 e. The van der Waals surface area contributed by atoms with Gasteiger partial charge in [-0.05, 0) is 68.4 Å². The van der Waals surface area contributed by atoms with Gasteiger partial charge in [-0.3, -0.25) is 9.78 Å². The molecule has 33 heavy (non-hydrogen) atoms. The lowest BCUT2D eigenvalue weighted by Crippen LogP contribution is -2.33. The molecule has 0 radical (unpaired) electrons. The smallest absolute Gasteiger partial charge is 0.226 e. The van der Waals surface area contributed by atoms with Crippen molar-refractivity contribution >= 4 is 28.9 Å². The molecule has 2 N–H and O–H groups in total. The summed E-state index contributed by atoms with van der Waals surface area (Å²) in [7, 11) is 0. The second-order valence-electron chi connectivity index (χ2n) is 8.56. The van der Waals surface area contributed by atoms with Gasteiger partial charge in [-0.15, -0.1) is 0 Å². The Morgan fingerprint density at radius 2 is 1.94 bits per heavy atom. The number of aryl methyl sites for hydroxylation is 1. The van der Waals surface area contributed by atoms with Crippen molar-refractivity contribution in [1.29, 1.82) is 0 Å². The van der Waals surface area contributed by atoms with Crippen LogP contribution in [0, 0.1) is 0 Å². The maximum absolute atomic E-state index is 12.8. The van der Waals surface area contributed by atoms with Gasteiger partial charge in [0.15, 0.2) is 5.11 Å². The monoisotopic (exact) mass is 461 g/mol. The molecule has 0 saturated carbocycles. The summed E-state index contributed by atoms with van der Waals surface area (Å²) in [6, 6.07) is 18.2. The molecule has 1 fully saturated rings. The van der Waals surface area contributed by atoms with Crippen molar-refractivity contribution in [3.63, 3.8) is 0 Å². The van der Waals surface area contributed by atoms with Gasteiger partial charge < -0.3 is 20.1 Å². The second kappa shape index (κ2) is 10.2. The molecule has 3 heterocycles. The van der Waals surface area contributed by atoms with E-state index in [1.165, 1.54) is 0 Å². The number of anilines is 1. The molecular formula is C26H31N5OS. The lowest BCUT2D eigenvalue weighted by Gasteiger charge is -2.29. The zero-order valence-corrected chi connectivity index (χ0v) is 20.2. The number of hydrogen-bond donors (Lipinski definition) is 2. The number of nitrogens with one attached hydrogen (secondary N) is 2. The lowest BCUT2D eigenvalue weighted by atomic mass is 10.0. The summed E-state index contributed by atoms with van der Waals surface area (Å²) in [4.78, 5) is 19.6. The number of pyridine rings is 1. The molecule has 2 aromatic heterocycles. The van der Waals surface area contributed by atoms with Crippen LogP contribution in [0.2, 0.25) is 0 Å². The normalized spacial score (nSPS) is 17.9. The summed E-state index contributed by atoms with van der Waals surface area (Å²) < 4.78 is 2.26. The van der Waals surface area contributed by atoms with Gasteiger partial charge in [0.05, 0.1) is 17.8 Å². The number of amides is 1. The fraction of sp³-hybridized carbons (Fsp3) is 0.346. The van der Waals surface area contributed by atoms with E-state index in [1.54, 1.807) is 6.20 Å². The Hall–Kier alpha value is -3.19. The van der Waals surface area contributed by atoms with Gasteiger partial charge in [0.2, 0.25) is 5.91 Å². The van der Waals surface area contributed by atoms with E-state index in [2.05, 4.69) is 64.2 Å². The number of nitrogens with zero attached hydrogens (tertiary/aromatic N) is 3. The summed E-state index contributed by atoms with van der Waals surface area (Å²) in [5.41, 5.74) is 4.10. The van der Waals surface area contributed by atoms with Gasteiger partial charge in [-0.1, -0.05) is 31.2 Å². The highest BCUT2D eigenvalue weighted by Gasteiger charge is 2.41. The van der Waals surface area contributed by atoms with E-state index in [0.29, 0.717) is 24.1 Å². The molecule has 2 atom stereocenters. The Labute approximate surface area is 201 Å². The van der Waals surface area contributed by atoms with Crippen molar-refractivity contribution in [2.24, 2.45) is 0 Å². The molecule has 1 amide bonds. The molecular weight excluding hydrogens is 430 g/mol. The van der Waals surface area contributed by atoms with E-state index in [1.807, 2.05) is 42.5 Å². The predicted molar refractivity (Wildman–Crippen MR) is 136 cm³/mol. The maximum Gasteiger partial charge on any atom is 0.226 e. The van der Waals surface area contributed by atoms with E-state index >= 15 is 0 Å². The van der Waals surface area contributed by atoms with Crippen LogP contribution in [-0.2, 0) is 11.2 Å². The van der Waals surface area contributed by atoms with Crippen molar-refractivity contribution in [2.45, 2.75) is 51.7 Å². The van der Waals surface area contributed by atoms with Crippen LogP contribution in [-0.4, -0.2) is 32.0 Å². The molecule has 3 aromatic rings. The molecule has 1 saturated heterocycles. The van der Waals surface area contributed by atoms with Gasteiger partial charge >= 0.3 is 0 Å². The second-order valence-corrected chi connectivity index (χ2v) is 8.95. The quantitative estimate of drug-likeness (QED) is 0.461. The van der Waals surface area contributed by atoms with E-state index < -0.39 is 0 Å². The number of aromatic nitrogens is 2. The Balaban J connectivity index is 1.57. The minimum atomic E-state index is -0.0880. The van der Waals surface area contributed by atoms with Gasteiger partial charge in [0.25, 0.3) is 0 Å². The number of carbonyl (C=O) groups is 1. The first-order valence-corrected chi connectivity index (χ1v) is 11.9. The summed E-state index contributed by atoms with van der Waals surface area (Å²) in [5.74, 6) is -0.0158. The first-order chi connectivity index (χ1) is 16.0. The SMILES string of the molecule is CCc1ccccc1NC(=O)CCN1C(=S)N[C@H](c2ccccn2)[C@H]1c1cccn1C(C)C. The fourth-order valence-electron chi connectivity index (χ4n) is 4.48. The number of carbonyl (C=O) groups excluding carboxylic acids is 1. The summed E-state index contributed by atoms with van der Waals surface area (Å²) in [6.45, 7) is 6.95.